The molecule has 0 aliphatic carbocycles. The van der Waals surface area contributed by atoms with Gasteiger partial charge in [-0.15, -0.1) is 0 Å². The third kappa shape index (κ3) is 8.89. The molecule has 2 N–H and O–H groups in total. The lowest BCUT2D eigenvalue weighted by atomic mass is 10.2. The standard InChI is InChI=1S/C22H22Cl2N2O2/c23-19-9-3-17(4-10-19)7-13-21(27)25-15-1-2-16-26-22(28)14-8-18-5-11-20(24)12-6-18/h3-14H,1-2,15-16H2,(H,25,27)(H,26,28)/b13-7-,14-8-. The van der Waals surface area contributed by atoms with E-state index >= 15 is 0 Å². The van der Waals surface area contributed by atoms with Crippen LogP contribution in [0.3, 0.4) is 0 Å². The molecule has 146 valence electrons. The average Bonchev–Trinajstić information content (AvgIpc) is 2.69. The second kappa shape index (κ2) is 12.0. The van der Waals surface area contributed by atoms with Crippen LogP contribution in [0.1, 0.15) is 24.0 Å². The summed E-state index contributed by atoms with van der Waals surface area (Å²) >= 11 is 11.6. The van der Waals surface area contributed by atoms with Crippen molar-refractivity contribution < 1.29 is 9.59 Å². The molecule has 0 aromatic heterocycles. The highest BCUT2D eigenvalue weighted by Crippen LogP contribution is 2.11. The fraction of sp³-hybridized carbons (Fsp3) is 0.182. The highest BCUT2D eigenvalue weighted by atomic mass is 35.5. The van der Waals surface area contributed by atoms with E-state index in [0.29, 0.717) is 23.1 Å². The SMILES string of the molecule is O=C(/C=C\c1ccc(Cl)cc1)NCCCCNC(=O)/C=C\c1ccc(Cl)cc1. The molecule has 0 radical (unpaired) electrons. The van der Waals surface area contributed by atoms with E-state index in [2.05, 4.69) is 10.6 Å². The molecule has 0 heterocycles. The van der Waals surface area contributed by atoms with Gasteiger partial charge in [-0.1, -0.05) is 47.5 Å². The van der Waals surface area contributed by atoms with E-state index in [-0.39, 0.29) is 11.8 Å². The highest BCUT2D eigenvalue weighted by molar-refractivity contribution is 6.30. The van der Waals surface area contributed by atoms with Gasteiger partial charge in [-0.2, -0.15) is 0 Å². The molecule has 0 atom stereocenters. The largest absolute Gasteiger partial charge is 0.353 e. The number of halogens is 2. The Morgan fingerprint density at radius 3 is 1.39 bits per heavy atom. The van der Waals surface area contributed by atoms with Gasteiger partial charge in [-0.3, -0.25) is 9.59 Å². The molecule has 0 aliphatic heterocycles. The fourth-order valence-corrected chi connectivity index (χ4v) is 2.53. The molecule has 0 fully saturated rings. The van der Waals surface area contributed by atoms with Crippen LogP contribution >= 0.6 is 23.2 Å². The molecule has 0 saturated heterocycles. The molecule has 0 unspecified atom stereocenters. The Morgan fingerprint density at radius 1 is 0.679 bits per heavy atom. The minimum atomic E-state index is -0.148. The lowest BCUT2D eigenvalue weighted by Gasteiger charge is -2.04. The number of unbranched alkanes of at least 4 members (excludes halogenated alkanes) is 1. The fourth-order valence-electron chi connectivity index (χ4n) is 2.28. The summed E-state index contributed by atoms with van der Waals surface area (Å²) in [7, 11) is 0. The highest BCUT2D eigenvalue weighted by Gasteiger charge is 1.98. The summed E-state index contributed by atoms with van der Waals surface area (Å²) in [5, 5.41) is 6.95. The predicted molar refractivity (Wildman–Crippen MR) is 116 cm³/mol. The molecule has 0 saturated carbocycles. The Kier molecular flexibility index (Phi) is 9.32. The van der Waals surface area contributed by atoms with Crippen LogP contribution in [0, 0.1) is 0 Å². The van der Waals surface area contributed by atoms with Gasteiger partial charge in [0.2, 0.25) is 11.8 Å². The molecule has 0 spiro atoms. The number of hydrogen-bond donors (Lipinski definition) is 2. The van der Waals surface area contributed by atoms with E-state index in [1.54, 1.807) is 36.4 Å². The van der Waals surface area contributed by atoms with Gasteiger partial charge >= 0.3 is 0 Å². The van der Waals surface area contributed by atoms with Crippen LogP contribution in [0.2, 0.25) is 10.0 Å². The number of amides is 2. The maximum Gasteiger partial charge on any atom is 0.243 e. The number of carbonyl (C=O) groups excluding carboxylic acids is 2. The molecule has 2 aromatic carbocycles. The average molecular weight is 417 g/mol. The summed E-state index contributed by atoms with van der Waals surface area (Å²) in [6.45, 7) is 1.11. The quantitative estimate of drug-likeness (QED) is 0.458. The van der Waals surface area contributed by atoms with Crippen LogP contribution in [0.5, 0.6) is 0 Å². The molecule has 2 amide bonds. The minimum Gasteiger partial charge on any atom is -0.353 e. The van der Waals surface area contributed by atoms with Crippen LogP contribution in [-0.2, 0) is 9.59 Å². The van der Waals surface area contributed by atoms with Crippen molar-refractivity contribution in [3.05, 3.63) is 81.9 Å². The molecular weight excluding hydrogens is 395 g/mol. The molecule has 0 bridgehead atoms. The minimum absolute atomic E-state index is 0.148. The number of benzene rings is 2. The van der Waals surface area contributed by atoms with E-state index < -0.39 is 0 Å². The molecule has 2 aromatic rings. The molecule has 2 rings (SSSR count). The smallest absolute Gasteiger partial charge is 0.243 e. The van der Waals surface area contributed by atoms with Crippen molar-refractivity contribution in [2.45, 2.75) is 12.8 Å². The number of hydrogen-bond acceptors (Lipinski definition) is 2. The van der Waals surface area contributed by atoms with Gasteiger partial charge in [0.15, 0.2) is 0 Å². The van der Waals surface area contributed by atoms with Gasteiger partial charge in [-0.25, -0.2) is 0 Å². The van der Waals surface area contributed by atoms with Gasteiger partial charge in [-0.05, 0) is 60.4 Å². The second-order valence-electron chi connectivity index (χ2n) is 6.06. The van der Waals surface area contributed by atoms with Crippen molar-refractivity contribution in [3.8, 4) is 0 Å². The lowest BCUT2D eigenvalue weighted by Crippen LogP contribution is -2.25. The molecule has 6 heteroatoms. The first-order chi connectivity index (χ1) is 13.5. The van der Waals surface area contributed by atoms with Crippen LogP contribution in [0.4, 0.5) is 0 Å². The third-order valence-electron chi connectivity index (χ3n) is 3.80. The van der Waals surface area contributed by atoms with Gasteiger partial charge in [0.25, 0.3) is 0 Å². The van der Waals surface area contributed by atoms with Crippen LogP contribution in [-0.4, -0.2) is 24.9 Å². The number of nitrogens with one attached hydrogen (secondary N) is 2. The summed E-state index contributed by atoms with van der Waals surface area (Å²) < 4.78 is 0. The molecule has 0 aliphatic rings. The van der Waals surface area contributed by atoms with Gasteiger partial charge < -0.3 is 10.6 Å². The second-order valence-corrected chi connectivity index (χ2v) is 6.93. The van der Waals surface area contributed by atoms with Crippen molar-refractivity contribution >= 4 is 47.2 Å². The number of carbonyl (C=O) groups is 2. The third-order valence-corrected chi connectivity index (χ3v) is 4.30. The predicted octanol–water partition coefficient (Wildman–Crippen LogP) is 4.73. The summed E-state index contributed by atoms with van der Waals surface area (Å²) in [5.41, 5.74) is 1.82. The van der Waals surface area contributed by atoms with Crippen molar-refractivity contribution in [2.75, 3.05) is 13.1 Å². The van der Waals surface area contributed by atoms with E-state index in [9.17, 15) is 9.59 Å². The Balaban J connectivity index is 1.56. The van der Waals surface area contributed by atoms with Crippen LogP contribution < -0.4 is 10.6 Å². The topological polar surface area (TPSA) is 58.2 Å². The molecule has 28 heavy (non-hydrogen) atoms. The zero-order valence-electron chi connectivity index (χ0n) is 15.3. The van der Waals surface area contributed by atoms with Crippen molar-refractivity contribution in [3.63, 3.8) is 0 Å². The monoisotopic (exact) mass is 416 g/mol. The van der Waals surface area contributed by atoms with Gasteiger partial charge in [0.05, 0.1) is 0 Å². The lowest BCUT2D eigenvalue weighted by molar-refractivity contribution is -0.117. The van der Waals surface area contributed by atoms with Gasteiger partial charge in [0.1, 0.15) is 0 Å². The van der Waals surface area contributed by atoms with Gasteiger partial charge in [0, 0.05) is 35.3 Å². The first-order valence-corrected chi connectivity index (χ1v) is 9.71. The Morgan fingerprint density at radius 2 is 1.04 bits per heavy atom. The van der Waals surface area contributed by atoms with E-state index in [1.165, 1.54) is 12.2 Å². The Labute approximate surface area is 175 Å². The van der Waals surface area contributed by atoms with Crippen molar-refractivity contribution in [1.82, 2.24) is 10.6 Å². The zero-order chi connectivity index (χ0) is 20.2. The normalized spacial score (nSPS) is 11.1. The van der Waals surface area contributed by atoms with E-state index in [1.807, 2.05) is 24.3 Å². The van der Waals surface area contributed by atoms with E-state index in [0.717, 1.165) is 24.0 Å². The summed E-state index contributed by atoms with van der Waals surface area (Å²) in [6, 6.07) is 14.5. The first-order valence-electron chi connectivity index (χ1n) is 8.96. The zero-order valence-corrected chi connectivity index (χ0v) is 16.8. The summed E-state index contributed by atoms with van der Waals surface area (Å²) in [6.07, 6.45) is 8.01. The maximum atomic E-state index is 11.8. The Hall–Kier alpha value is -2.56. The number of rotatable bonds is 9. The summed E-state index contributed by atoms with van der Waals surface area (Å²) in [5.74, 6) is -0.297. The maximum absolute atomic E-state index is 11.8. The van der Waals surface area contributed by atoms with Crippen molar-refractivity contribution in [1.29, 1.82) is 0 Å². The molecule has 4 nitrogen and oxygen atoms in total. The first kappa shape index (κ1) is 21.7. The van der Waals surface area contributed by atoms with Crippen LogP contribution in [0.25, 0.3) is 12.2 Å². The van der Waals surface area contributed by atoms with E-state index in [4.69, 9.17) is 23.2 Å². The Bertz CT molecular complexity index is 757. The van der Waals surface area contributed by atoms with Crippen LogP contribution in [0.15, 0.2) is 60.7 Å². The molecular formula is C22H22Cl2N2O2. The van der Waals surface area contributed by atoms with Crippen molar-refractivity contribution in [2.24, 2.45) is 0 Å². The summed E-state index contributed by atoms with van der Waals surface area (Å²) in [4.78, 5) is 23.5.